The fraction of sp³-hybridized carbons (Fsp3) is 0.892. The molecule has 0 bridgehead atoms. The summed E-state index contributed by atoms with van der Waals surface area (Å²) in [6.07, 6.45) is -3.41. The van der Waals surface area contributed by atoms with Crippen molar-refractivity contribution in [3.8, 4) is 0 Å². The van der Waals surface area contributed by atoms with Gasteiger partial charge in [-0.2, -0.15) is 0 Å². The number of methoxy groups -OCH3 is 1. The summed E-state index contributed by atoms with van der Waals surface area (Å²) in [5.74, 6) is -5.22. The van der Waals surface area contributed by atoms with Gasteiger partial charge in [-0.15, -0.1) is 0 Å². The number of cyclic esters (lactones) is 1. The number of amides is 1. The highest BCUT2D eigenvalue weighted by molar-refractivity contribution is 5.93. The number of halogens is 1. The molecule has 0 aromatic rings. The Balaban J connectivity index is 1.05. The fourth-order valence-electron chi connectivity index (χ4n) is 17.2. The van der Waals surface area contributed by atoms with Gasteiger partial charge in [0.15, 0.2) is 29.6 Å². The zero-order valence-corrected chi connectivity index (χ0v) is 54.8. The lowest BCUT2D eigenvalue weighted by Crippen LogP contribution is -2.70. The Labute approximate surface area is 511 Å². The van der Waals surface area contributed by atoms with Crippen LogP contribution in [0.5, 0.6) is 0 Å². The Kier molecular flexibility index (Phi) is 21.9. The third kappa shape index (κ3) is 12.6. The molecule has 1 amide bonds. The molecule has 5 fully saturated rings. The van der Waals surface area contributed by atoms with E-state index in [0.29, 0.717) is 57.3 Å². The number of alkyl halides is 1. The number of ether oxygens (including phenoxy) is 6. The lowest BCUT2D eigenvalue weighted by molar-refractivity contribution is -0.336. The molecule has 86 heavy (non-hydrogen) atoms. The molecule has 3 aliphatic heterocycles. The standard InChI is InChI=1S/C65H111FN4O16/c1-18-49-62(14,78)53(74)41(8)70(16)34-36(3)31-60(12,77)54(86-56-51(73)47(69(15)19-2)29-38(5)82-56)39(6)52(40(7)55(75)84-49)85-50-33-61(13,81-17)63(79,42(9)83-50)35-67-26-20-21-27-68-57(76)65(80)37(4)28-46-45-23-22-43-30-44(71)24-25-58(43,10)64(45,66)48(72)32-59(46,65)11/h22,24-25,36-42,45-54,56,67,72-74,77-80H,18-21,23,26-35H2,1-17H3,(H,68,76)/t36-,37-,38-,39+,40-,41-,42-,45?,46?,47+,48+,49-,50+,51-,52?,53-,54-,56+,58+,59+,60-,61-,62-,63+,64+,65+/m1/s1. The van der Waals surface area contributed by atoms with Crippen LogP contribution >= 0.6 is 0 Å². The fourth-order valence-corrected chi connectivity index (χ4v) is 17.2. The molecule has 0 aromatic carbocycles. The van der Waals surface area contributed by atoms with Gasteiger partial charge in [-0.25, -0.2) is 4.39 Å². The van der Waals surface area contributed by atoms with E-state index in [4.69, 9.17) is 28.4 Å². The van der Waals surface area contributed by atoms with Gasteiger partial charge >= 0.3 is 5.97 Å². The molecule has 494 valence electrons. The third-order valence-corrected chi connectivity index (χ3v) is 23.1. The van der Waals surface area contributed by atoms with Gasteiger partial charge in [-0.3, -0.25) is 14.4 Å². The van der Waals surface area contributed by atoms with E-state index in [2.05, 4.69) is 10.6 Å². The van der Waals surface area contributed by atoms with E-state index in [1.807, 2.05) is 57.7 Å². The normalized spacial score (nSPS) is 49.0. The average Bonchev–Trinajstić information content (AvgIpc) is 1.34. The molecule has 21 heteroatoms. The van der Waals surface area contributed by atoms with Crippen molar-refractivity contribution in [3.63, 3.8) is 0 Å². The average molecular weight is 1220 g/mol. The summed E-state index contributed by atoms with van der Waals surface area (Å²) in [4.78, 5) is 45.3. The number of likely N-dealkylation sites (N-methyl/N-ethyl adjacent to an activating group) is 2. The van der Waals surface area contributed by atoms with Crippen molar-refractivity contribution in [2.45, 2.75) is 268 Å². The summed E-state index contributed by atoms with van der Waals surface area (Å²) >= 11 is 0. The van der Waals surface area contributed by atoms with Crippen molar-refractivity contribution in [1.82, 2.24) is 20.4 Å². The lowest BCUT2D eigenvalue weighted by atomic mass is 9.45. The number of ketones is 1. The first-order chi connectivity index (χ1) is 39.9. The van der Waals surface area contributed by atoms with Crippen LogP contribution in [-0.2, 0) is 42.8 Å². The third-order valence-electron chi connectivity index (χ3n) is 23.1. The van der Waals surface area contributed by atoms with Gasteiger partial charge in [0.05, 0.1) is 42.0 Å². The Hall–Kier alpha value is -2.58. The molecule has 0 aromatic heterocycles. The smallest absolute Gasteiger partial charge is 0.311 e. The Bertz CT molecular complexity index is 2440. The summed E-state index contributed by atoms with van der Waals surface area (Å²) in [5, 5.41) is 91.8. The Morgan fingerprint density at radius 1 is 0.895 bits per heavy atom. The highest BCUT2D eigenvalue weighted by Crippen LogP contribution is 2.70. The van der Waals surface area contributed by atoms with Gasteiger partial charge in [0.25, 0.3) is 5.91 Å². The number of hydrogen-bond donors (Lipinski definition) is 9. The lowest BCUT2D eigenvalue weighted by Gasteiger charge is -2.61. The molecule has 7 aliphatic rings. The molecule has 4 aliphatic carbocycles. The number of rotatable bonds is 16. The van der Waals surface area contributed by atoms with Crippen LogP contribution < -0.4 is 10.6 Å². The maximum absolute atomic E-state index is 17.7. The number of nitrogens with one attached hydrogen (secondary N) is 2. The van der Waals surface area contributed by atoms with E-state index in [0.717, 1.165) is 0 Å². The molecule has 3 heterocycles. The number of carbonyl (C=O) groups excluding carboxylic acids is 3. The zero-order valence-electron chi connectivity index (χ0n) is 54.8. The van der Waals surface area contributed by atoms with Crippen molar-refractivity contribution in [2.24, 2.45) is 46.3 Å². The van der Waals surface area contributed by atoms with Gasteiger partial charge in [0, 0.05) is 74.3 Å². The molecule has 26 atom stereocenters. The number of esters is 1. The number of carbonyl (C=O) groups is 3. The predicted molar refractivity (Wildman–Crippen MR) is 321 cm³/mol. The molecule has 7 rings (SSSR count). The number of aliphatic hydroxyl groups is 7. The van der Waals surface area contributed by atoms with Crippen LogP contribution in [0.2, 0.25) is 0 Å². The quantitative estimate of drug-likeness (QED) is 0.0585. The minimum absolute atomic E-state index is 0.0177. The first-order valence-corrected chi connectivity index (χ1v) is 32.2. The molecule has 3 saturated heterocycles. The number of hydrogen-bond acceptors (Lipinski definition) is 19. The molecule has 3 unspecified atom stereocenters. The Morgan fingerprint density at radius 3 is 2.20 bits per heavy atom. The predicted octanol–water partition coefficient (Wildman–Crippen LogP) is 4.49. The minimum Gasteiger partial charge on any atom is -0.459 e. The molecular formula is C65H111FN4O16. The van der Waals surface area contributed by atoms with Crippen LogP contribution in [0, 0.1) is 46.3 Å². The summed E-state index contributed by atoms with van der Waals surface area (Å²) < 4.78 is 56.9. The number of fused-ring (bicyclic) bond motifs is 5. The number of allylic oxidation sites excluding steroid dienone is 4. The number of unbranched alkanes of at least 4 members (excludes halogenated alkanes) is 1. The van der Waals surface area contributed by atoms with Gasteiger partial charge in [-0.1, -0.05) is 59.3 Å². The van der Waals surface area contributed by atoms with Gasteiger partial charge < -0.3 is 84.6 Å². The first-order valence-electron chi connectivity index (χ1n) is 32.2. The number of nitrogens with zero attached hydrogens (tertiary/aromatic N) is 2. The summed E-state index contributed by atoms with van der Waals surface area (Å²) in [7, 11) is 5.24. The molecule has 2 saturated carbocycles. The SMILES string of the molecule is CC[C@H]1OC(=O)[C@H](C)C(O[C@H]2C[C@@](C)(OC)[C@](O)(CNCCCCNC(=O)[C@@]3(O)[C@H](C)CC4C5CC=C6CC(=O)C=C[C@]6(C)[C@@]5(F)[C@@H](O)C[C@@]43C)[C@@H](C)O2)[C@H](C)[C@@H](O[C@@H]2O[C@H](C)C[C@H](N(C)CC)[C@H]2O)[C@](C)(O)C[C@@H](C)CN(C)[C@H](C)[C@@H](O)[C@]1(C)O. The topological polar surface area (TPSA) is 279 Å². The molecular weight excluding hydrogens is 1110 g/mol. The summed E-state index contributed by atoms with van der Waals surface area (Å²) in [5.41, 5.74) is -12.1. The van der Waals surface area contributed by atoms with Crippen molar-refractivity contribution >= 4 is 17.7 Å². The maximum atomic E-state index is 17.7. The molecule has 20 nitrogen and oxygen atoms in total. The highest BCUT2D eigenvalue weighted by atomic mass is 19.1. The molecule has 9 N–H and O–H groups in total. The second-order valence-corrected chi connectivity index (χ2v) is 28.9. The van der Waals surface area contributed by atoms with Crippen LogP contribution in [0.3, 0.4) is 0 Å². The van der Waals surface area contributed by atoms with Gasteiger partial charge in [-0.05, 0) is 158 Å². The van der Waals surface area contributed by atoms with E-state index in [1.165, 1.54) is 20.1 Å². The highest BCUT2D eigenvalue weighted by Gasteiger charge is 2.75. The van der Waals surface area contributed by atoms with Gasteiger partial charge in [0.2, 0.25) is 0 Å². The molecule has 0 spiro atoms. The van der Waals surface area contributed by atoms with Crippen molar-refractivity contribution < 1.29 is 82.9 Å². The van der Waals surface area contributed by atoms with Gasteiger partial charge in [0.1, 0.15) is 35.1 Å². The second kappa shape index (κ2) is 26.6. The zero-order chi connectivity index (χ0) is 64.2. The van der Waals surface area contributed by atoms with E-state index in [1.54, 1.807) is 68.4 Å². The largest absolute Gasteiger partial charge is 0.459 e. The van der Waals surface area contributed by atoms with Crippen molar-refractivity contribution in [1.29, 1.82) is 0 Å². The monoisotopic (exact) mass is 1220 g/mol. The first kappa shape index (κ1) is 70.9. The summed E-state index contributed by atoms with van der Waals surface area (Å²) in [6.45, 7) is 26.5. The molecule has 0 radical (unpaired) electrons. The van der Waals surface area contributed by atoms with Crippen LogP contribution in [-0.4, -0.2) is 224 Å². The van der Waals surface area contributed by atoms with E-state index in [-0.39, 0.29) is 69.0 Å². The van der Waals surface area contributed by atoms with E-state index < -0.39 is 147 Å². The van der Waals surface area contributed by atoms with Crippen LogP contribution in [0.15, 0.2) is 23.8 Å². The maximum Gasteiger partial charge on any atom is 0.311 e. The van der Waals surface area contributed by atoms with Crippen LogP contribution in [0.25, 0.3) is 0 Å². The number of aliphatic hydroxyl groups excluding tert-OH is 3. The summed E-state index contributed by atoms with van der Waals surface area (Å²) in [6, 6.07) is -0.922. The van der Waals surface area contributed by atoms with Crippen molar-refractivity contribution in [3.05, 3.63) is 23.8 Å². The van der Waals surface area contributed by atoms with Crippen molar-refractivity contribution in [2.75, 3.05) is 53.9 Å². The Morgan fingerprint density at radius 2 is 1.56 bits per heavy atom. The van der Waals surface area contributed by atoms with E-state index in [9.17, 15) is 50.1 Å². The second-order valence-electron chi connectivity index (χ2n) is 28.9. The minimum atomic E-state index is -2.08. The van der Waals surface area contributed by atoms with E-state index >= 15 is 4.39 Å². The van der Waals surface area contributed by atoms with Crippen LogP contribution in [0.4, 0.5) is 4.39 Å². The van der Waals surface area contributed by atoms with Crippen LogP contribution in [0.1, 0.15) is 161 Å².